The monoisotopic (exact) mass is 1100 g/mol. The Kier molecular flexibility index (Phi) is 13.5. The lowest BCUT2D eigenvalue weighted by atomic mass is 9.28. The summed E-state index contributed by atoms with van der Waals surface area (Å²) < 4.78 is 25.5. The number of carbonyl (C=O) groups excluding carboxylic acids is 2. The van der Waals surface area contributed by atoms with Crippen LogP contribution in [0.15, 0.2) is 102 Å². The van der Waals surface area contributed by atoms with Crippen LogP contribution in [0.2, 0.25) is 0 Å². The summed E-state index contributed by atoms with van der Waals surface area (Å²) in [6, 6.07) is 9.93. The van der Waals surface area contributed by atoms with Gasteiger partial charge in [0.2, 0.25) is 5.79 Å². The fourth-order valence-corrected chi connectivity index (χ4v) is 19.6. The highest BCUT2D eigenvalue weighted by molar-refractivity contribution is 5.94. The van der Waals surface area contributed by atoms with Gasteiger partial charge in [0, 0.05) is 48.5 Å². The summed E-state index contributed by atoms with van der Waals surface area (Å²) in [4.78, 5) is 30.9. The molecule has 1 saturated heterocycles. The number of allylic oxidation sites excluding steroid dienone is 6. The first-order valence-corrected chi connectivity index (χ1v) is 29.9. The number of rotatable bonds is 12. The van der Waals surface area contributed by atoms with Crippen molar-refractivity contribution in [2.24, 2.45) is 75.4 Å². The summed E-state index contributed by atoms with van der Waals surface area (Å²) >= 11 is 0. The maximum absolute atomic E-state index is 15.7. The molecular formula is C66H81NO13. The Morgan fingerprint density at radius 3 is 2.54 bits per heavy atom. The van der Waals surface area contributed by atoms with E-state index in [9.17, 15) is 35.7 Å². The second-order valence-electron chi connectivity index (χ2n) is 26.6. The Morgan fingerprint density at radius 1 is 0.938 bits per heavy atom. The molecule has 12 bridgehead atoms. The third-order valence-electron chi connectivity index (χ3n) is 22.7. The summed E-state index contributed by atoms with van der Waals surface area (Å²) in [6.07, 6.45) is 21.4. The molecule has 3 spiro atoms. The van der Waals surface area contributed by atoms with Crippen molar-refractivity contribution >= 4 is 18.0 Å². The van der Waals surface area contributed by atoms with E-state index in [1.54, 1.807) is 37.3 Å². The Balaban J connectivity index is 0.947. The molecule has 14 heteroatoms. The van der Waals surface area contributed by atoms with Gasteiger partial charge in [-0.2, -0.15) is 0 Å². The first-order chi connectivity index (χ1) is 38.4. The van der Waals surface area contributed by atoms with Gasteiger partial charge in [-0.3, -0.25) is 4.79 Å². The van der Waals surface area contributed by atoms with E-state index in [4.69, 9.17) is 18.9 Å². The maximum atomic E-state index is 15.7. The molecule has 8 N–H and O–H groups in total. The molecule has 13 aliphatic rings. The van der Waals surface area contributed by atoms with Crippen molar-refractivity contribution in [3.63, 3.8) is 0 Å². The summed E-state index contributed by atoms with van der Waals surface area (Å²) in [6.45, 7) is 6.28. The number of aryl methyl sites for hydroxylation is 1. The molecule has 15 rings (SSSR count). The quantitative estimate of drug-likeness (QED) is 0.0613. The number of carbonyl (C=O) groups is 2. The van der Waals surface area contributed by atoms with Crippen molar-refractivity contribution in [2.45, 2.75) is 145 Å². The summed E-state index contributed by atoms with van der Waals surface area (Å²) in [5.74, 6) is -3.09. The molecule has 80 heavy (non-hydrogen) atoms. The molecule has 2 aromatic carbocycles. The summed E-state index contributed by atoms with van der Waals surface area (Å²) in [5, 5.41) is 85.3. The van der Waals surface area contributed by atoms with Crippen molar-refractivity contribution in [1.29, 1.82) is 0 Å². The molecule has 0 amide bonds. The van der Waals surface area contributed by atoms with Crippen LogP contribution in [0.3, 0.4) is 0 Å². The van der Waals surface area contributed by atoms with Crippen LogP contribution in [-0.4, -0.2) is 123 Å². The van der Waals surface area contributed by atoms with Crippen molar-refractivity contribution in [3.05, 3.63) is 124 Å². The molecule has 2 aromatic rings. The SMILES string of the molecule is COc1cc(C=C(CC2c3cc(CCO)ccc3CCC2CO)C(=O)OC2C3OC(=O)CCC4C5C=CC67CC89C=C(C=CC3(O)C3OC2(O)C=CC3NCC(C)O)C(CC(C)C8C2C=CC46C(CCC7C5C)C2O)C9)ccc1O. The minimum Gasteiger partial charge on any atom is -0.504 e. The van der Waals surface area contributed by atoms with Gasteiger partial charge < -0.3 is 60.0 Å². The molecule has 0 aromatic heterocycles. The average Bonchev–Trinajstić information content (AvgIpc) is 1.05. The number of aliphatic hydroxyl groups is 6. The van der Waals surface area contributed by atoms with Gasteiger partial charge in [-0.15, -0.1) is 0 Å². The Morgan fingerprint density at radius 2 is 1.75 bits per heavy atom. The summed E-state index contributed by atoms with van der Waals surface area (Å²) in [5.41, 5.74) is 1.39. The lowest BCUT2D eigenvalue weighted by molar-refractivity contribution is -0.350. The number of phenolic OH excluding ortho intramolecular Hbond substituents is 1. The normalized spacial score (nSPS) is 44.5. The molecule has 10 aliphatic carbocycles. The second kappa shape index (κ2) is 19.9. The minimum atomic E-state index is -2.44. The number of esters is 2. The van der Waals surface area contributed by atoms with E-state index in [2.05, 4.69) is 49.5 Å². The number of ether oxygens (including phenoxy) is 4. The third-order valence-corrected chi connectivity index (χ3v) is 22.7. The second-order valence-corrected chi connectivity index (χ2v) is 26.6. The first kappa shape index (κ1) is 54.4. The van der Waals surface area contributed by atoms with E-state index in [0.717, 1.165) is 54.4 Å². The van der Waals surface area contributed by atoms with Crippen LogP contribution >= 0.6 is 0 Å². The lowest BCUT2D eigenvalue weighted by Gasteiger charge is -2.76. The Labute approximate surface area is 469 Å². The number of aromatic hydroxyl groups is 1. The van der Waals surface area contributed by atoms with Crippen LogP contribution in [0.25, 0.3) is 6.08 Å². The molecule has 5 fully saturated rings. The van der Waals surface area contributed by atoms with E-state index in [1.807, 2.05) is 24.3 Å². The van der Waals surface area contributed by atoms with Crippen molar-refractivity contribution in [2.75, 3.05) is 26.9 Å². The molecule has 0 radical (unpaired) electrons. The van der Waals surface area contributed by atoms with Crippen LogP contribution < -0.4 is 10.1 Å². The predicted molar refractivity (Wildman–Crippen MR) is 297 cm³/mol. The number of phenols is 1. The molecule has 14 nitrogen and oxygen atoms in total. The molecule has 3 heterocycles. The van der Waals surface area contributed by atoms with E-state index < -0.39 is 71.2 Å². The lowest BCUT2D eigenvalue weighted by Crippen LogP contribution is -2.76. The van der Waals surface area contributed by atoms with E-state index in [-0.39, 0.29) is 108 Å². The standard InChI is InChI=1S/C66H81NO13/c1-35-25-44-31-62-30-41(44)15-22-65(75)58-52(67-32-36(2)70)18-23-66(76,80-58)60(59(65)78-55(72)14-12-50-45-16-20-63(34-62)49(37(45)3)10-11-51-57(73)46(56(35)62)17-21-64(50,51)63)79-61(74)43(26-39-6-13-53(71)54(28-39)77-4)29-48-42(33-69)9-8-40-7-5-38(19-24-68)27-47(40)48/h5-7,13,15-18,20-23,26-28,30,35-37,42,44-46,48-52,56-60,67-71,73,75-76H,8-12,14,19,24-25,29,31-34H2,1-4H3. The molecule has 3 aliphatic heterocycles. The largest absolute Gasteiger partial charge is 0.504 e. The van der Waals surface area contributed by atoms with E-state index in [0.29, 0.717) is 43.1 Å². The van der Waals surface area contributed by atoms with Crippen molar-refractivity contribution < 1.29 is 64.3 Å². The van der Waals surface area contributed by atoms with Gasteiger partial charge in [0.05, 0.1) is 25.4 Å². The zero-order chi connectivity index (χ0) is 55.8. The third kappa shape index (κ3) is 8.14. The zero-order valence-electron chi connectivity index (χ0n) is 46.5. The van der Waals surface area contributed by atoms with Gasteiger partial charge in [0.25, 0.3) is 0 Å². The van der Waals surface area contributed by atoms with Crippen LogP contribution in [0.1, 0.15) is 107 Å². The number of methoxy groups -OCH3 is 1. The number of hydrogen-bond donors (Lipinski definition) is 8. The van der Waals surface area contributed by atoms with Crippen molar-refractivity contribution in [1.82, 2.24) is 5.32 Å². The number of fused-ring (bicyclic) bond motifs is 7. The highest BCUT2D eigenvalue weighted by atomic mass is 16.7. The van der Waals surface area contributed by atoms with Crippen LogP contribution in [0, 0.1) is 75.4 Å². The average molecular weight is 1100 g/mol. The molecule has 22 atom stereocenters. The zero-order valence-corrected chi connectivity index (χ0v) is 46.5. The molecule has 4 saturated carbocycles. The number of nitrogens with one attached hydrogen (secondary N) is 1. The van der Waals surface area contributed by atoms with Crippen LogP contribution in [-0.2, 0) is 36.6 Å². The Hall–Kier alpha value is -4.90. The molecule has 22 unspecified atom stereocenters. The highest BCUT2D eigenvalue weighted by Crippen LogP contribution is 2.80. The number of aliphatic hydroxyl groups excluding tert-OH is 4. The fraction of sp³-hybridized carbons (Fsp3) is 0.606. The smallest absolute Gasteiger partial charge is 0.334 e. The van der Waals surface area contributed by atoms with Gasteiger partial charge in [-0.25, -0.2) is 4.79 Å². The van der Waals surface area contributed by atoms with Crippen LogP contribution in [0.4, 0.5) is 0 Å². The van der Waals surface area contributed by atoms with Gasteiger partial charge in [-0.1, -0.05) is 80.6 Å². The molecule has 428 valence electrons. The molecular weight excluding hydrogens is 1010 g/mol. The van der Waals surface area contributed by atoms with Gasteiger partial charge in [0.15, 0.2) is 29.3 Å². The van der Waals surface area contributed by atoms with Crippen molar-refractivity contribution in [3.8, 4) is 11.5 Å². The predicted octanol–water partition coefficient (Wildman–Crippen LogP) is 6.94. The minimum absolute atomic E-state index is 0.00247. The Bertz CT molecular complexity index is 3000. The topological polar surface area (TPSA) is 225 Å². The van der Waals surface area contributed by atoms with Crippen LogP contribution in [0.5, 0.6) is 11.5 Å². The van der Waals surface area contributed by atoms with E-state index in [1.165, 1.54) is 19.3 Å². The maximum Gasteiger partial charge on any atom is 0.334 e. The number of benzene rings is 2. The van der Waals surface area contributed by atoms with Gasteiger partial charge >= 0.3 is 11.9 Å². The highest BCUT2D eigenvalue weighted by Gasteiger charge is 2.76. The summed E-state index contributed by atoms with van der Waals surface area (Å²) in [7, 11) is 1.43. The van der Waals surface area contributed by atoms with Gasteiger partial charge in [-0.05, 0) is 194 Å². The first-order valence-electron chi connectivity index (χ1n) is 29.9. The van der Waals surface area contributed by atoms with Gasteiger partial charge in [0.1, 0.15) is 6.10 Å². The fourth-order valence-electron chi connectivity index (χ4n) is 19.6. The number of hydrogen-bond acceptors (Lipinski definition) is 14. The van der Waals surface area contributed by atoms with E-state index >= 15 is 9.59 Å².